The summed E-state index contributed by atoms with van der Waals surface area (Å²) in [6, 6.07) is 15.2. The maximum absolute atomic E-state index is 13.7. The van der Waals surface area contributed by atoms with Gasteiger partial charge in [-0.25, -0.2) is 19.6 Å². The number of allylic oxidation sites excluding steroid dienone is 10. The van der Waals surface area contributed by atoms with Crippen LogP contribution >= 0.6 is 0 Å². The smallest absolute Gasteiger partial charge is 0.334 e. The van der Waals surface area contributed by atoms with Crippen molar-refractivity contribution in [1.82, 2.24) is 39.9 Å². The number of aromatic amines is 4. The predicted octanol–water partition coefficient (Wildman–Crippen LogP) is 13.4. The molecule has 6 aromatic rings. The molecule has 10 heterocycles. The third kappa shape index (κ3) is 13.4. The molecule has 6 N–H and O–H groups in total. The Bertz CT molecular complexity index is 5410. The Balaban J connectivity index is 0.000000212. The van der Waals surface area contributed by atoms with E-state index in [1.807, 2.05) is 104 Å². The molecule has 0 fully saturated rings. The molecule has 0 saturated heterocycles. The molecule has 106 heavy (non-hydrogen) atoms. The van der Waals surface area contributed by atoms with Gasteiger partial charge >= 0.3 is 47.8 Å². The molecule has 0 radical (unpaired) electrons. The second-order valence-corrected chi connectivity index (χ2v) is 27.0. The number of carboxylic acid groups (broad SMARTS) is 2. The molecule has 2 aliphatic carbocycles. The maximum Gasteiger partial charge on any atom is 0.334 e. The zero-order valence-corrected chi connectivity index (χ0v) is 61.7. The van der Waals surface area contributed by atoms with Crippen LogP contribution in [-0.2, 0) is 90.4 Å². The molecule has 6 aromatic heterocycles. The number of ether oxygens (including phenoxy) is 6. The van der Waals surface area contributed by atoms with Gasteiger partial charge in [0, 0.05) is 80.9 Å². The number of fused-ring (bicyclic) bond motifs is 22. The summed E-state index contributed by atoms with van der Waals surface area (Å²) in [5.74, 6) is -7.34. The Morgan fingerprint density at radius 1 is 0.415 bits per heavy atom. The normalized spacial score (nSPS) is 17.8. The number of carbonyl (C=O) groups excluding carboxylic acids is 6. The average molecular weight is 1440 g/mol. The predicted molar refractivity (Wildman–Crippen MR) is 402 cm³/mol. The van der Waals surface area contributed by atoms with Crippen molar-refractivity contribution in [3.63, 3.8) is 0 Å². The molecule has 4 atom stereocenters. The Kier molecular flexibility index (Phi) is 21.2. The van der Waals surface area contributed by atoms with Gasteiger partial charge in [0.2, 0.25) is 0 Å². The summed E-state index contributed by atoms with van der Waals surface area (Å²) in [5, 5.41) is 19.3. The summed E-state index contributed by atoms with van der Waals surface area (Å²) >= 11 is 0. The highest BCUT2D eigenvalue weighted by atomic mass is 16.5. The van der Waals surface area contributed by atoms with Gasteiger partial charge in [-0.05, 0) is 196 Å². The summed E-state index contributed by atoms with van der Waals surface area (Å²) in [6.07, 6.45) is 11.6. The molecule has 0 spiro atoms. The second-order valence-electron chi connectivity index (χ2n) is 27.0. The van der Waals surface area contributed by atoms with Gasteiger partial charge in [0.05, 0.1) is 110 Å². The van der Waals surface area contributed by atoms with E-state index in [4.69, 9.17) is 48.4 Å². The van der Waals surface area contributed by atoms with Crippen molar-refractivity contribution < 1.29 is 77.0 Å². The number of nitrogens with one attached hydrogen (secondary N) is 4. The van der Waals surface area contributed by atoms with Gasteiger partial charge < -0.3 is 58.6 Å². The lowest BCUT2D eigenvalue weighted by Crippen LogP contribution is -2.42. The molecule has 4 aliphatic heterocycles. The highest BCUT2D eigenvalue weighted by Crippen LogP contribution is 2.54. The van der Waals surface area contributed by atoms with Crippen LogP contribution in [0.5, 0.6) is 0 Å². The van der Waals surface area contributed by atoms with Crippen LogP contribution in [0.25, 0.3) is 89.7 Å². The third-order valence-electron chi connectivity index (χ3n) is 21.4. The van der Waals surface area contributed by atoms with Gasteiger partial charge in [-0.15, -0.1) is 0 Å². The second kappa shape index (κ2) is 29.9. The number of carbonyl (C=O) groups is 8. The molecule has 0 saturated carbocycles. The number of hydrogen-bond donors (Lipinski definition) is 6. The number of aromatic nitrogens is 8. The maximum atomic E-state index is 13.7. The SMILES string of the molecule is C=Cc1c(C)c2cc3nc(cc4[nH]c(cc5nc(cc1[nH]2)C(C)=C5CCC(=O)O)c(CCC(=O)OC)c4C)[C@@]1(C)C3=CC=C(C(=O)OC)C1C(=O)OC.C=Cc1c(C)c2cc3nc(cc4[nH]c(cc5nc(cc1[nH]2)C(C)=C5CCC(=O)OC)c(CCC(=O)O)c4C)[C@@]1(C)C3=CC=C(C(=O)OC)C1C(=O)OC. The van der Waals surface area contributed by atoms with E-state index in [-0.39, 0.29) is 61.6 Å². The van der Waals surface area contributed by atoms with Crippen LogP contribution in [0.4, 0.5) is 0 Å². The van der Waals surface area contributed by atoms with Gasteiger partial charge in [-0.3, -0.25) is 38.7 Å². The fourth-order valence-corrected chi connectivity index (χ4v) is 15.4. The van der Waals surface area contributed by atoms with E-state index in [0.29, 0.717) is 91.6 Å². The summed E-state index contributed by atoms with van der Waals surface area (Å²) < 4.78 is 30.7. The minimum absolute atomic E-state index is 0.0837. The Labute approximate surface area is 610 Å². The van der Waals surface area contributed by atoms with Gasteiger partial charge in [-0.1, -0.05) is 49.6 Å². The molecule has 548 valence electrons. The highest BCUT2D eigenvalue weighted by molar-refractivity contribution is 6.04. The minimum atomic E-state index is -1.18. The van der Waals surface area contributed by atoms with E-state index >= 15 is 0 Å². The molecule has 24 nitrogen and oxygen atoms in total. The lowest BCUT2D eigenvalue weighted by molar-refractivity contribution is -0.149. The molecule has 0 aromatic carbocycles. The number of nitrogens with zero attached hydrogens (tertiary/aromatic N) is 4. The first-order valence-corrected chi connectivity index (χ1v) is 34.4. The average Bonchev–Trinajstić information content (AvgIpc) is 1.53. The van der Waals surface area contributed by atoms with Crippen LogP contribution in [0.2, 0.25) is 0 Å². The number of methoxy groups -OCH3 is 6. The summed E-state index contributed by atoms with van der Waals surface area (Å²) in [5.41, 5.74) is 19.8. The van der Waals surface area contributed by atoms with E-state index in [9.17, 15) is 48.6 Å². The first-order valence-electron chi connectivity index (χ1n) is 34.4. The first kappa shape index (κ1) is 75.1. The van der Waals surface area contributed by atoms with Gasteiger partial charge in [0.1, 0.15) is 11.8 Å². The number of aryl methyl sites for hydroxylation is 6. The fraction of sp³-hybridized carbons (Fsp3) is 0.317. The van der Waals surface area contributed by atoms with Crippen molar-refractivity contribution in [3.8, 4) is 0 Å². The minimum Gasteiger partial charge on any atom is -0.481 e. The molecule has 6 aliphatic rings. The Morgan fingerprint density at radius 3 is 1.12 bits per heavy atom. The van der Waals surface area contributed by atoms with Crippen molar-refractivity contribution in [2.45, 2.75) is 118 Å². The van der Waals surface area contributed by atoms with E-state index in [1.165, 1.54) is 42.7 Å². The molecule has 12 rings (SSSR count). The van der Waals surface area contributed by atoms with E-state index < -0.39 is 58.5 Å². The van der Waals surface area contributed by atoms with Crippen LogP contribution in [0.1, 0.15) is 156 Å². The molecular weight excluding hydrogens is 1350 g/mol. The summed E-state index contributed by atoms with van der Waals surface area (Å²) in [7, 11) is 7.78. The number of esters is 6. The van der Waals surface area contributed by atoms with Crippen LogP contribution < -0.4 is 0 Å². The van der Waals surface area contributed by atoms with Crippen molar-refractivity contribution in [3.05, 3.63) is 187 Å². The lowest BCUT2D eigenvalue weighted by Gasteiger charge is -2.36. The van der Waals surface area contributed by atoms with E-state index in [0.717, 1.165) is 88.9 Å². The largest absolute Gasteiger partial charge is 0.481 e. The van der Waals surface area contributed by atoms with Crippen molar-refractivity contribution >= 4 is 137 Å². The van der Waals surface area contributed by atoms with Crippen LogP contribution in [-0.4, -0.2) is 140 Å². The molecular formula is C82H84N8O16. The number of aliphatic carboxylic acids is 2. The number of hydrogen-bond acceptors (Lipinski definition) is 18. The zero-order valence-electron chi connectivity index (χ0n) is 61.7. The lowest BCUT2D eigenvalue weighted by atomic mass is 9.64. The van der Waals surface area contributed by atoms with Crippen LogP contribution in [0.15, 0.2) is 97.1 Å². The molecule has 2 unspecified atom stereocenters. The molecule has 16 bridgehead atoms. The van der Waals surface area contributed by atoms with Crippen LogP contribution in [0, 0.1) is 39.5 Å². The van der Waals surface area contributed by atoms with Crippen molar-refractivity contribution in [2.75, 3.05) is 42.7 Å². The summed E-state index contributed by atoms with van der Waals surface area (Å²) in [6.45, 7) is 23.6. The van der Waals surface area contributed by atoms with Crippen LogP contribution in [0.3, 0.4) is 0 Å². The Hall–Kier alpha value is -12.1. The van der Waals surface area contributed by atoms with Gasteiger partial charge in [0.15, 0.2) is 0 Å². The standard InChI is InChI=1S/2C41H42N4O8/c1-9-23-20(2)29-17-34-27-13-10-26(39(49)52-7)38(40(50)53-8)41(27,5)35(45-34)19-30-22(4)24(11-14-36(46)47)32(44-30)18-33-25(12-15-37(48)51-6)21(3)28(43-33)16-31(23)42-29;1-9-23-20(2)29-17-34-27-13-10-26(39(49)52-7)38(40(50)53-8)41(27,5)35(45-34)19-30-22(4)25(12-15-37(48)51-6)33(44-30)18-32-24(11-14-36(46)47)21(3)28(43-32)16-31(23)42-29/h2*9-10,13,16-19,38,42,44H,1,11-12,14-15H2,2-8H3,(H,46,47)/t2*38?,41-/m11/s1. The fourth-order valence-electron chi connectivity index (χ4n) is 15.4. The third-order valence-corrected chi connectivity index (χ3v) is 21.4. The quantitative estimate of drug-likeness (QED) is 0.0344. The number of carboxylic acids is 2. The molecule has 24 heteroatoms. The van der Waals surface area contributed by atoms with E-state index in [2.05, 4.69) is 33.1 Å². The topological polar surface area (TPSA) is 347 Å². The highest BCUT2D eigenvalue weighted by Gasteiger charge is 2.55. The zero-order chi connectivity index (χ0) is 76.7. The Morgan fingerprint density at radius 2 is 0.755 bits per heavy atom. The molecule has 0 amide bonds. The summed E-state index contributed by atoms with van der Waals surface area (Å²) in [4.78, 5) is 136. The van der Waals surface area contributed by atoms with Crippen molar-refractivity contribution in [1.29, 1.82) is 0 Å². The first-order chi connectivity index (χ1) is 50.5. The van der Waals surface area contributed by atoms with E-state index in [1.54, 1.807) is 36.5 Å². The van der Waals surface area contributed by atoms with Gasteiger partial charge in [-0.2, -0.15) is 0 Å². The number of rotatable bonds is 18. The van der Waals surface area contributed by atoms with Gasteiger partial charge in [0.25, 0.3) is 0 Å². The number of H-pyrrole nitrogens is 4. The van der Waals surface area contributed by atoms with Crippen molar-refractivity contribution in [2.24, 2.45) is 11.8 Å². The monoisotopic (exact) mass is 1440 g/mol.